The Morgan fingerprint density at radius 1 is 0.472 bits per heavy atom. The second-order valence-corrected chi connectivity index (χ2v) is 12.0. The van der Waals surface area contributed by atoms with Crippen molar-refractivity contribution in [2.45, 2.75) is 53.8 Å². The van der Waals surface area contributed by atoms with Crippen molar-refractivity contribution in [3.8, 4) is 0 Å². The standard InChI is InChI=1S/C19H23N3.C16H23N3.2C2H6.2CO.2Ru.2Y.2H/c1-21(2)12-16-9-5-7-14-11-15-8-6-10-17(13-22(3)4)19(15)20-18(14)16;1-18(2)11-10-15-9-8-13-6-5-7-14(12-19(3)4)16(13)17-15;4*1-2;;;;;;/h5-11H,12-13H2,1-4H3;5-9H,10-12H2,1-4H3;2*1-2H3;;;;;;;;/q;;;;;;2*+2;;;;. The number of hydrogen-bond donors (Lipinski definition) is 0. The van der Waals surface area contributed by atoms with Gasteiger partial charge in [-0.2, -0.15) is 0 Å². The van der Waals surface area contributed by atoms with Crippen LogP contribution in [0.3, 0.4) is 0 Å². The molecule has 0 bridgehead atoms. The third-order valence-electron chi connectivity index (χ3n) is 6.97. The summed E-state index contributed by atoms with van der Waals surface area (Å²) in [6.07, 6.45) is 0.999. The van der Waals surface area contributed by atoms with Crippen molar-refractivity contribution in [3.05, 3.63) is 108 Å². The molecule has 53 heavy (non-hydrogen) atoms. The van der Waals surface area contributed by atoms with Crippen LogP contribution in [0.25, 0.3) is 32.7 Å². The van der Waals surface area contributed by atoms with Crippen molar-refractivity contribution in [3.63, 3.8) is 0 Å². The third kappa shape index (κ3) is 22.1. The van der Waals surface area contributed by atoms with Gasteiger partial charge in [-0.15, -0.1) is 0 Å². The van der Waals surface area contributed by atoms with Gasteiger partial charge in [0.2, 0.25) is 0 Å². The molecule has 0 unspecified atom stereocenters. The Morgan fingerprint density at radius 2 is 0.811 bits per heavy atom. The number of rotatable bonds is 9. The smallest absolute Gasteiger partial charge is 0 e. The van der Waals surface area contributed by atoms with Crippen molar-refractivity contribution in [2.75, 3.05) is 62.9 Å². The topological polar surface area (TPSA) is 78.5 Å². The number of nitrogens with zero attached hydrogens (tertiary/aromatic N) is 6. The molecule has 0 N–H and O–H groups in total. The minimum absolute atomic E-state index is 0. The van der Waals surface area contributed by atoms with Crippen LogP contribution >= 0.6 is 0 Å². The van der Waals surface area contributed by atoms with Gasteiger partial charge in [-0.3, -0.25) is 4.98 Å². The fourth-order valence-corrected chi connectivity index (χ4v) is 5.14. The average Bonchev–Trinajstić information content (AvgIpc) is 3.10. The summed E-state index contributed by atoms with van der Waals surface area (Å²) in [6, 6.07) is 25.9. The molecule has 0 saturated carbocycles. The van der Waals surface area contributed by atoms with Gasteiger partial charge in [-0.25, -0.2) is 4.98 Å². The molecule has 8 nitrogen and oxygen atoms in total. The molecule has 5 aromatic rings. The number of aromatic nitrogens is 2. The zero-order chi connectivity index (χ0) is 37.5. The van der Waals surface area contributed by atoms with Gasteiger partial charge in [-0.05, 0) is 85.2 Å². The van der Waals surface area contributed by atoms with E-state index in [1.807, 2.05) is 27.7 Å². The van der Waals surface area contributed by atoms with Crippen LogP contribution in [-0.4, -0.2) is 92.5 Å². The fourth-order valence-electron chi connectivity index (χ4n) is 5.14. The van der Waals surface area contributed by atoms with Gasteiger partial charge >= 0.3 is 61.6 Å². The summed E-state index contributed by atoms with van der Waals surface area (Å²) >= 11 is 0. The summed E-state index contributed by atoms with van der Waals surface area (Å²) in [5.74, 6) is 0. The summed E-state index contributed by atoms with van der Waals surface area (Å²) in [5, 5.41) is 3.66. The Bertz CT molecular complexity index is 1650. The molecule has 2 aromatic heterocycles. The van der Waals surface area contributed by atoms with Crippen molar-refractivity contribution in [1.29, 1.82) is 0 Å². The Kier molecular flexibility index (Phi) is 41.8. The third-order valence-corrected chi connectivity index (χ3v) is 6.97. The van der Waals surface area contributed by atoms with Gasteiger partial charge in [0.1, 0.15) is 0 Å². The van der Waals surface area contributed by atoms with Gasteiger partial charge in [0.15, 0.2) is 0 Å². The molecule has 0 spiro atoms. The van der Waals surface area contributed by atoms with E-state index in [9.17, 15) is 0 Å². The SMILES string of the molecule is CC.CC.CN(C)CCc1ccc2cccc(CN(C)C)c2n1.CN(C)Cc1cccc2cc3cccc(CN(C)C)c3nc12.[C-]#[O+].[C-]#[O+].[RuH+2].[RuH+2].[Y].[Y]. The van der Waals surface area contributed by atoms with Crippen molar-refractivity contribution in [2.24, 2.45) is 0 Å². The van der Waals surface area contributed by atoms with E-state index in [4.69, 9.17) is 19.3 Å². The largest absolute Gasteiger partial charge is 0 e. The molecule has 0 aliphatic heterocycles. The maximum absolute atomic E-state index is 7.50. The van der Waals surface area contributed by atoms with Crippen LogP contribution in [0.15, 0.2) is 72.8 Å². The number of hydrogen-bond acceptors (Lipinski definition) is 6. The van der Waals surface area contributed by atoms with Gasteiger partial charge in [0, 0.05) is 120 Å². The Labute approximate surface area is 396 Å². The first-order valence-corrected chi connectivity index (χ1v) is 16.8. The molecule has 0 saturated heterocycles. The predicted molar refractivity (Wildman–Crippen MR) is 209 cm³/mol. The van der Waals surface area contributed by atoms with Gasteiger partial charge in [0.25, 0.3) is 0 Å². The molecule has 284 valence electrons. The molecule has 3 aromatic carbocycles. The summed E-state index contributed by atoms with van der Waals surface area (Å²) in [4.78, 5) is 18.6. The molecule has 2 heterocycles. The molecule has 5 rings (SSSR count). The summed E-state index contributed by atoms with van der Waals surface area (Å²) < 4.78 is 15.0. The van der Waals surface area contributed by atoms with E-state index < -0.39 is 0 Å². The van der Waals surface area contributed by atoms with E-state index in [2.05, 4.69) is 162 Å². The average molecular weight is 1050 g/mol. The first kappa shape index (κ1) is 61.7. The number of likely N-dealkylation sites (N-methyl/N-ethyl adjacent to an activating group) is 1. The normalized spacial score (nSPS) is 9.43. The second-order valence-electron chi connectivity index (χ2n) is 12.0. The van der Waals surface area contributed by atoms with E-state index in [1.165, 1.54) is 38.5 Å². The first-order chi connectivity index (χ1) is 23.6. The molecule has 0 fully saturated rings. The first-order valence-electron chi connectivity index (χ1n) is 16.8. The quantitative estimate of drug-likeness (QED) is 0.0666. The predicted octanol–water partition coefficient (Wildman–Crippen LogP) is 7.34. The zero-order valence-corrected chi connectivity index (χ0v) is 43.3. The maximum Gasteiger partial charge on any atom is 0 e. The van der Waals surface area contributed by atoms with Gasteiger partial charge < -0.3 is 19.6 Å². The molecule has 0 aliphatic rings. The molecule has 0 atom stereocenters. The number of benzene rings is 3. The van der Waals surface area contributed by atoms with Crippen molar-refractivity contribution in [1.82, 2.24) is 29.6 Å². The molecule has 12 heteroatoms. The van der Waals surface area contributed by atoms with E-state index >= 15 is 0 Å². The van der Waals surface area contributed by atoms with Crippen LogP contribution in [0.2, 0.25) is 0 Å². The number of para-hydroxylation sites is 3. The summed E-state index contributed by atoms with van der Waals surface area (Å²) in [7, 11) is 16.8. The summed E-state index contributed by atoms with van der Waals surface area (Å²) in [5.41, 5.74) is 8.42. The van der Waals surface area contributed by atoms with E-state index in [-0.39, 0.29) is 104 Å². The monoisotopic (exact) mass is 1050 g/mol. The Morgan fingerprint density at radius 3 is 1.15 bits per heavy atom. The molecular weight excluding hydrogens is 988 g/mol. The fraction of sp³-hybridized carbons (Fsp3) is 0.415. The molecule has 0 aliphatic carbocycles. The van der Waals surface area contributed by atoms with Crippen LogP contribution in [0.5, 0.6) is 0 Å². The van der Waals surface area contributed by atoms with Crippen molar-refractivity contribution < 1.29 is 114 Å². The second kappa shape index (κ2) is 35.9. The van der Waals surface area contributed by atoms with Crippen LogP contribution in [0.4, 0.5) is 0 Å². The number of fused-ring (bicyclic) bond motifs is 3. The number of pyridine rings is 2. The molecule has 0 amide bonds. The minimum atomic E-state index is 0. The van der Waals surface area contributed by atoms with Crippen LogP contribution in [0.1, 0.15) is 50.1 Å². The van der Waals surface area contributed by atoms with Crippen LogP contribution in [0, 0.1) is 13.3 Å². The van der Waals surface area contributed by atoms with Crippen LogP contribution < -0.4 is 0 Å². The van der Waals surface area contributed by atoms with Gasteiger partial charge in [-0.1, -0.05) is 88.4 Å². The van der Waals surface area contributed by atoms with Crippen LogP contribution in [-0.2, 0) is 140 Å². The van der Waals surface area contributed by atoms with Crippen molar-refractivity contribution >= 4 is 32.7 Å². The Balaban J connectivity index is -0.000000231. The molecular formula is C41H60N6O2Ru2Y2+4. The zero-order valence-electron chi connectivity index (χ0n) is 33.9. The molecule has 2 radical (unpaired) electrons. The van der Waals surface area contributed by atoms with E-state index in [0.29, 0.717) is 0 Å². The van der Waals surface area contributed by atoms with E-state index in [1.54, 1.807) is 0 Å². The summed E-state index contributed by atoms with van der Waals surface area (Å²) in [6.45, 7) is 20.8. The Hall–Kier alpha value is -0.485. The minimum Gasteiger partial charge on any atom is 0 e. The van der Waals surface area contributed by atoms with E-state index in [0.717, 1.165) is 49.1 Å². The maximum atomic E-state index is 7.50. The van der Waals surface area contributed by atoms with Gasteiger partial charge in [0.05, 0.1) is 16.6 Å².